The fraction of sp³-hybridized carbons (Fsp3) is 0.400. The van der Waals surface area contributed by atoms with Crippen LogP contribution >= 0.6 is 15.9 Å². The average molecular weight is 227 g/mol. The van der Waals surface area contributed by atoms with Crippen LogP contribution in [0.3, 0.4) is 0 Å². The van der Waals surface area contributed by atoms with Crippen LogP contribution in [0.4, 0.5) is 0 Å². The Hall–Kier alpha value is -0.500. The van der Waals surface area contributed by atoms with Crippen LogP contribution in [0, 0.1) is 0 Å². The summed E-state index contributed by atoms with van der Waals surface area (Å²) in [5.41, 5.74) is 2.47. The van der Waals surface area contributed by atoms with E-state index in [0.717, 1.165) is 22.9 Å². The molecule has 1 N–H and O–H groups in total. The first-order valence-corrected chi connectivity index (χ1v) is 5.07. The topological polar surface area (TPSA) is 20.2 Å². The SMILES string of the molecule is Oc1cc(Br)cc2c1CCCC2. The summed E-state index contributed by atoms with van der Waals surface area (Å²) in [6, 6.07) is 3.90. The molecular formula is C10H11BrO. The highest BCUT2D eigenvalue weighted by molar-refractivity contribution is 9.10. The molecule has 0 saturated heterocycles. The van der Waals surface area contributed by atoms with Gasteiger partial charge in [-0.05, 0) is 48.9 Å². The van der Waals surface area contributed by atoms with E-state index in [1.54, 1.807) is 6.07 Å². The summed E-state index contributed by atoms with van der Waals surface area (Å²) in [4.78, 5) is 0. The summed E-state index contributed by atoms with van der Waals surface area (Å²) < 4.78 is 0.987. The largest absolute Gasteiger partial charge is 0.508 e. The molecule has 0 bridgehead atoms. The molecule has 1 nitrogen and oxygen atoms in total. The van der Waals surface area contributed by atoms with Gasteiger partial charge in [0.15, 0.2) is 0 Å². The van der Waals surface area contributed by atoms with Crippen molar-refractivity contribution >= 4 is 15.9 Å². The summed E-state index contributed by atoms with van der Waals surface area (Å²) in [5, 5.41) is 9.61. The van der Waals surface area contributed by atoms with E-state index in [-0.39, 0.29) is 0 Å². The molecule has 2 heteroatoms. The van der Waals surface area contributed by atoms with Gasteiger partial charge in [-0.15, -0.1) is 0 Å². The van der Waals surface area contributed by atoms with Crippen molar-refractivity contribution in [2.75, 3.05) is 0 Å². The number of phenolic OH excluding ortho intramolecular Hbond substituents is 1. The summed E-state index contributed by atoms with van der Waals surface area (Å²) in [6.07, 6.45) is 4.61. The number of hydrogen-bond acceptors (Lipinski definition) is 1. The first-order chi connectivity index (χ1) is 5.77. The Morgan fingerprint density at radius 1 is 1.17 bits per heavy atom. The molecule has 0 saturated carbocycles. The highest BCUT2D eigenvalue weighted by Gasteiger charge is 2.13. The monoisotopic (exact) mass is 226 g/mol. The van der Waals surface area contributed by atoms with Gasteiger partial charge in [-0.25, -0.2) is 0 Å². The Morgan fingerprint density at radius 2 is 1.92 bits per heavy atom. The van der Waals surface area contributed by atoms with Gasteiger partial charge < -0.3 is 5.11 Å². The minimum atomic E-state index is 0.457. The molecule has 1 aliphatic rings. The molecule has 0 spiro atoms. The minimum Gasteiger partial charge on any atom is -0.508 e. The normalized spacial score (nSPS) is 15.8. The molecule has 2 rings (SSSR count). The maximum absolute atomic E-state index is 9.61. The summed E-state index contributed by atoms with van der Waals surface area (Å²) in [7, 11) is 0. The molecule has 64 valence electrons. The predicted octanol–water partition coefficient (Wildman–Crippen LogP) is 3.03. The third kappa shape index (κ3) is 1.36. The zero-order chi connectivity index (χ0) is 8.55. The van der Waals surface area contributed by atoms with Gasteiger partial charge in [0.05, 0.1) is 0 Å². The third-order valence-electron chi connectivity index (χ3n) is 2.41. The van der Waals surface area contributed by atoms with Gasteiger partial charge in [-0.1, -0.05) is 15.9 Å². The van der Waals surface area contributed by atoms with Crippen LogP contribution in [0.25, 0.3) is 0 Å². The van der Waals surface area contributed by atoms with Crippen LogP contribution in [-0.4, -0.2) is 5.11 Å². The second-order valence-electron chi connectivity index (χ2n) is 3.27. The van der Waals surface area contributed by atoms with E-state index in [1.807, 2.05) is 0 Å². The molecule has 1 aromatic rings. The maximum atomic E-state index is 9.61. The molecule has 0 radical (unpaired) electrons. The van der Waals surface area contributed by atoms with Gasteiger partial charge in [-0.3, -0.25) is 0 Å². The molecule has 0 fully saturated rings. The van der Waals surface area contributed by atoms with Gasteiger partial charge in [0, 0.05) is 4.47 Å². The zero-order valence-electron chi connectivity index (χ0n) is 6.81. The fourth-order valence-electron chi connectivity index (χ4n) is 1.81. The fourth-order valence-corrected chi connectivity index (χ4v) is 2.30. The Labute approximate surface area is 80.5 Å². The van der Waals surface area contributed by atoms with E-state index in [0.29, 0.717) is 5.75 Å². The minimum absolute atomic E-state index is 0.457. The molecule has 0 heterocycles. The van der Waals surface area contributed by atoms with E-state index >= 15 is 0 Å². The van der Waals surface area contributed by atoms with E-state index in [2.05, 4.69) is 22.0 Å². The first kappa shape index (κ1) is 8.11. The Bertz CT molecular complexity index is 307. The number of benzene rings is 1. The van der Waals surface area contributed by atoms with Crippen molar-refractivity contribution in [3.05, 3.63) is 27.7 Å². The molecule has 0 atom stereocenters. The van der Waals surface area contributed by atoms with Gasteiger partial charge in [0.2, 0.25) is 0 Å². The second kappa shape index (κ2) is 3.09. The van der Waals surface area contributed by atoms with Crippen molar-refractivity contribution in [1.29, 1.82) is 0 Å². The molecule has 0 aliphatic heterocycles. The lowest BCUT2D eigenvalue weighted by Gasteiger charge is -2.16. The zero-order valence-corrected chi connectivity index (χ0v) is 8.39. The van der Waals surface area contributed by atoms with E-state index in [1.165, 1.54) is 18.4 Å². The highest BCUT2D eigenvalue weighted by Crippen LogP contribution is 2.31. The van der Waals surface area contributed by atoms with Gasteiger partial charge in [-0.2, -0.15) is 0 Å². The molecule has 0 unspecified atom stereocenters. The van der Waals surface area contributed by atoms with Crippen molar-refractivity contribution in [2.45, 2.75) is 25.7 Å². The van der Waals surface area contributed by atoms with E-state index in [4.69, 9.17) is 0 Å². The Morgan fingerprint density at radius 3 is 2.75 bits per heavy atom. The van der Waals surface area contributed by atoms with Crippen LogP contribution in [0.2, 0.25) is 0 Å². The van der Waals surface area contributed by atoms with Crippen LogP contribution in [0.15, 0.2) is 16.6 Å². The van der Waals surface area contributed by atoms with Crippen LogP contribution in [0.1, 0.15) is 24.0 Å². The first-order valence-electron chi connectivity index (χ1n) is 4.27. The molecule has 1 aliphatic carbocycles. The summed E-state index contributed by atoms with van der Waals surface area (Å²) in [6.45, 7) is 0. The lowest BCUT2D eigenvalue weighted by molar-refractivity contribution is 0.461. The predicted molar refractivity (Wildman–Crippen MR) is 52.4 cm³/mol. The number of fused-ring (bicyclic) bond motifs is 1. The molecule has 0 amide bonds. The van der Waals surface area contributed by atoms with Crippen LogP contribution in [-0.2, 0) is 12.8 Å². The molecule has 12 heavy (non-hydrogen) atoms. The maximum Gasteiger partial charge on any atom is 0.120 e. The third-order valence-corrected chi connectivity index (χ3v) is 2.86. The average Bonchev–Trinajstić information content (AvgIpc) is 2.04. The van der Waals surface area contributed by atoms with Crippen molar-refractivity contribution in [3.63, 3.8) is 0 Å². The van der Waals surface area contributed by atoms with E-state index < -0.39 is 0 Å². The quantitative estimate of drug-likeness (QED) is 0.722. The Kier molecular flexibility index (Phi) is 2.09. The van der Waals surface area contributed by atoms with Gasteiger partial charge >= 0.3 is 0 Å². The number of aromatic hydroxyl groups is 1. The number of halogens is 1. The Balaban J connectivity index is 2.53. The second-order valence-corrected chi connectivity index (χ2v) is 4.19. The smallest absolute Gasteiger partial charge is 0.120 e. The van der Waals surface area contributed by atoms with Crippen molar-refractivity contribution in [3.8, 4) is 5.75 Å². The van der Waals surface area contributed by atoms with Crippen LogP contribution in [0.5, 0.6) is 5.75 Å². The number of aryl methyl sites for hydroxylation is 1. The van der Waals surface area contributed by atoms with Gasteiger partial charge in [0.1, 0.15) is 5.75 Å². The summed E-state index contributed by atoms with van der Waals surface area (Å²) >= 11 is 3.38. The molecule has 1 aromatic carbocycles. The van der Waals surface area contributed by atoms with Crippen molar-refractivity contribution in [2.24, 2.45) is 0 Å². The molecular weight excluding hydrogens is 216 g/mol. The number of phenols is 1. The standard InChI is InChI=1S/C10H11BrO/c11-8-5-7-3-1-2-4-9(7)10(12)6-8/h5-6,12H,1-4H2. The lowest BCUT2D eigenvalue weighted by Crippen LogP contribution is -2.02. The highest BCUT2D eigenvalue weighted by atomic mass is 79.9. The van der Waals surface area contributed by atoms with Crippen molar-refractivity contribution < 1.29 is 5.11 Å². The van der Waals surface area contributed by atoms with Gasteiger partial charge in [0.25, 0.3) is 0 Å². The summed E-state index contributed by atoms with van der Waals surface area (Å²) in [5.74, 6) is 0.457. The number of rotatable bonds is 0. The number of hydrogen-bond donors (Lipinski definition) is 1. The van der Waals surface area contributed by atoms with Crippen molar-refractivity contribution in [1.82, 2.24) is 0 Å². The lowest BCUT2D eigenvalue weighted by atomic mass is 9.91. The van der Waals surface area contributed by atoms with Crippen LogP contribution < -0.4 is 0 Å². The molecule has 0 aromatic heterocycles. The van der Waals surface area contributed by atoms with E-state index in [9.17, 15) is 5.11 Å².